The largest absolute Gasteiger partial charge is 0.386 e. The fourth-order valence-corrected chi connectivity index (χ4v) is 1.38. The predicted molar refractivity (Wildman–Crippen MR) is 60.4 cm³/mol. The summed E-state index contributed by atoms with van der Waals surface area (Å²) in [7, 11) is 0. The third kappa shape index (κ3) is 3.20. The molecule has 3 heteroatoms. The van der Waals surface area contributed by atoms with Crippen LogP contribution in [0.3, 0.4) is 0 Å². The van der Waals surface area contributed by atoms with Crippen LogP contribution in [0.5, 0.6) is 0 Å². The molecule has 1 aromatic heterocycles. The minimum absolute atomic E-state index is 0.0924. The van der Waals surface area contributed by atoms with Crippen molar-refractivity contribution in [1.29, 1.82) is 0 Å². The zero-order valence-electron chi connectivity index (χ0n) is 10.1. The van der Waals surface area contributed by atoms with Crippen LogP contribution < -0.4 is 4.57 Å². The van der Waals surface area contributed by atoms with Crippen LogP contribution in [0.2, 0.25) is 0 Å². The Bertz CT molecular complexity index is 345. The summed E-state index contributed by atoms with van der Waals surface area (Å²) in [6.07, 6.45) is 7.84. The lowest BCUT2D eigenvalue weighted by Gasteiger charge is -2.16. The highest BCUT2D eigenvalue weighted by atomic mass is 16.3. The number of aromatic nitrogens is 2. The lowest BCUT2D eigenvalue weighted by atomic mass is 10.1. The maximum absolute atomic E-state index is 9.69. The van der Waals surface area contributed by atoms with Gasteiger partial charge < -0.3 is 5.11 Å². The summed E-state index contributed by atoms with van der Waals surface area (Å²) in [6.45, 7) is 12.2. The van der Waals surface area contributed by atoms with E-state index in [0.29, 0.717) is 6.54 Å². The molecular weight excluding hydrogens is 188 g/mol. The summed E-state index contributed by atoms with van der Waals surface area (Å²) >= 11 is 0. The van der Waals surface area contributed by atoms with E-state index in [1.807, 2.05) is 29.4 Å². The van der Waals surface area contributed by atoms with E-state index in [1.54, 1.807) is 13.8 Å². The molecule has 1 N–H and O–H groups in total. The minimum atomic E-state index is -0.685. The summed E-state index contributed by atoms with van der Waals surface area (Å²) in [5.41, 5.74) is -0.778. The zero-order valence-corrected chi connectivity index (χ0v) is 10.1. The fourth-order valence-electron chi connectivity index (χ4n) is 1.38. The number of hydrogen-bond donors (Lipinski definition) is 1. The minimum Gasteiger partial charge on any atom is -0.386 e. The highest BCUT2D eigenvalue weighted by molar-refractivity contribution is 4.95. The van der Waals surface area contributed by atoms with E-state index in [9.17, 15) is 5.11 Å². The van der Waals surface area contributed by atoms with Crippen LogP contribution >= 0.6 is 0 Å². The molecule has 0 saturated heterocycles. The van der Waals surface area contributed by atoms with Crippen molar-refractivity contribution in [3.63, 3.8) is 0 Å². The van der Waals surface area contributed by atoms with Gasteiger partial charge in [-0.2, -0.15) is 0 Å². The number of allylic oxidation sites excluding steroid dienone is 1. The maximum atomic E-state index is 9.69. The molecule has 0 aromatic carbocycles. The first-order valence-electron chi connectivity index (χ1n) is 5.18. The van der Waals surface area contributed by atoms with Crippen molar-refractivity contribution in [2.24, 2.45) is 0 Å². The van der Waals surface area contributed by atoms with Crippen molar-refractivity contribution in [3.05, 3.63) is 31.4 Å². The van der Waals surface area contributed by atoms with Gasteiger partial charge in [-0.05, 0) is 33.8 Å². The molecule has 0 fully saturated rings. The van der Waals surface area contributed by atoms with Crippen LogP contribution in [-0.2, 0) is 12.1 Å². The second-order valence-corrected chi connectivity index (χ2v) is 5.16. The van der Waals surface area contributed by atoms with E-state index in [4.69, 9.17) is 0 Å². The third-order valence-electron chi connectivity index (χ3n) is 2.43. The van der Waals surface area contributed by atoms with Crippen molar-refractivity contribution in [1.82, 2.24) is 4.57 Å². The van der Waals surface area contributed by atoms with E-state index < -0.39 is 5.60 Å². The van der Waals surface area contributed by atoms with Crippen molar-refractivity contribution < 1.29 is 9.67 Å². The first-order valence-corrected chi connectivity index (χ1v) is 5.18. The van der Waals surface area contributed by atoms with Crippen LogP contribution in [0.25, 0.3) is 0 Å². The Hall–Kier alpha value is -1.09. The zero-order chi connectivity index (χ0) is 11.7. The van der Waals surface area contributed by atoms with Crippen LogP contribution in [0.1, 0.15) is 27.7 Å². The van der Waals surface area contributed by atoms with Gasteiger partial charge in [-0.15, -0.1) is 0 Å². The molecule has 0 spiro atoms. The van der Waals surface area contributed by atoms with Crippen molar-refractivity contribution in [2.75, 3.05) is 0 Å². The monoisotopic (exact) mass is 209 g/mol. The van der Waals surface area contributed by atoms with Crippen LogP contribution in [0.4, 0.5) is 0 Å². The van der Waals surface area contributed by atoms with Crippen molar-refractivity contribution in [3.8, 4) is 0 Å². The molecule has 0 aliphatic heterocycles. The lowest BCUT2D eigenvalue weighted by molar-refractivity contribution is -0.708. The standard InChI is InChI=1S/C12H21N2O/c1-6-11(2,3)14-8-7-13(10-14)9-12(4,5)15/h6-8,10,15H,1,9H2,2-5H3/q+1. The summed E-state index contributed by atoms with van der Waals surface area (Å²) in [5, 5.41) is 9.69. The molecule has 0 aliphatic rings. The number of hydrogen-bond acceptors (Lipinski definition) is 1. The molecule has 1 heterocycles. The Morgan fingerprint density at radius 2 is 2.00 bits per heavy atom. The number of rotatable bonds is 4. The molecule has 0 radical (unpaired) electrons. The average molecular weight is 209 g/mol. The fraction of sp³-hybridized carbons (Fsp3) is 0.583. The van der Waals surface area contributed by atoms with Gasteiger partial charge in [0.1, 0.15) is 24.5 Å². The van der Waals surface area contributed by atoms with Gasteiger partial charge in [0.15, 0.2) is 0 Å². The molecule has 15 heavy (non-hydrogen) atoms. The van der Waals surface area contributed by atoms with Crippen LogP contribution in [0.15, 0.2) is 31.4 Å². The van der Waals surface area contributed by atoms with Gasteiger partial charge in [0.25, 0.3) is 0 Å². The Morgan fingerprint density at radius 1 is 1.40 bits per heavy atom. The molecule has 1 aromatic rings. The second-order valence-electron chi connectivity index (χ2n) is 5.16. The molecule has 0 bridgehead atoms. The predicted octanol–water partition coefficient (Wildman–Crippen LogP) is 1.47. The average Bonchev–Trinajstić information content (AvgIpc) is 2.50. The van der Waals surface area contributed by atoms with Gasteiger partial charge >= 0.3 is 0 Å². The summed E-state index contributed by atoms with van der Waals surface area (Å²) in [4.78, 5) is 0. The van der Waals surface area contributed by atoms with E-state index in [2.05, 4.69) is 25.0 Å². The van der Waals surface area contributed by atoms with E-state index in [1.165, 1.54) is 0 Å². The Morgan fingerprint density at radius 3 is 2.47 bits per heavy atom. The van der Waals surface area contributed by atoms with Gasteiger partial charge in [0, 0.05) is 0 Å². The second kappa shape index (κ2) is 3.81. The Labute approximate surface area is 91.7 Å². The number of nitrogens with zero attached hydrogens (tertiary/aromatic N) is 2. The first kappa shape index (κ1) is 12.0. The van der Waals surface area contributed by atoms with E-state index in [-0.39, 0.29) is 5.54 Å². The molecule has 0 aliphatic carbocycles. The van der Waals surface area contributed by atoms with Crippen molar-refractivity contribution >= 4 is 0 Å². The topological polar surface area (TPSA) is 29.0 Å². The summed E-state index contributed by atoms with van der Waals surface area (Å²) in [6, 6.07) is 0. The molecular formula is C12H21N2O+. The van der Waals surface area contributed by atoms with Gasteiger partial charge in [-0.25, -0.2) is 9.13 Å². The van der Waals surface area contributed by atoms with Gasteiger partial charge in [-0.1, -0.05) is 6.58 Å². The molecule has 0 amide bonds. The molecule has 84 valence electrons. The normalized spacial score (nSPS) is 12.9. The highest BCUT2D eigenvalue weighted by Crippen LogP contribution is 2.14. The molecule has 0 saturated carbocycles. The maximum Gasteiger partial charge on any atom is 0.244 e. The van der Waals surface area contributed by atoms with Gasteiger partial charge in [0.05, 0.1) is 5.60 Å². The van der Waals surface area contributed by atoms with E-state index >= 15 is 0 Å². The highest BCUT2D eigenvalue weighted by Gasteiger charge is 2.23. The Balaban J connectivity index is 2.86. The Kier molecular flexibility index (Phi) is 3.05. The van der Waals surface area contributed by atoms with Gasteiger partial charge in [-0.3, -0.25) is 0 Å². The lowest BCUT2D eigenvalue weighted by Crippen LogP contribution is -2.43. The molecule has 0 atom stereocenters. The van der Waals surface area contributed by atoms with Crippen molar-refractivity contribution in [2.45, 2.75) is 45.4 Å². The molecule has 0 unspecified atom stereocenters. The quantitative estimate of drug-likeness (QED) is 0.590. The van der Waals surface area contributed by atoms with Crippen LogP contribution in [0, 0.1) is 0 Å². The molecule has 3 nitrogen and oxygen atoms in total. The van der Waals surface area contributed by atoms with Crippen LogP contribution in [-0.4, -0.2) is 15.3 Å². The third-order valence-corrected chi connectivity index (χ3v) is 2.43. The first-order chi connectivity index (χ1) is 6.74. The number of aliphatic hydroxyl groups is 1. The SMILES string of the molecule is C=CC(C)(C)n1cc[n+](CC(C)(C)O)c1. The van der Waals surface area contributed by atoms with E-state index in [0.717, 1.165) is 0 Å². The number of imidazole rings is 1. The smallest absolute Gasteiger partial charge is 0.244 e. The molecule has 1 rings (SSSR count). The summed E-state index contributed by atoms with van der Waals surface area (Å²) < 4.78 is 4.05. The van der Waals surface area contributed by atoms with Gasteiger partial charge in [0.2, 0.25) is 6.33 Å². The summed E-state index contributed by atoms with van der Waals surface area (Å²) in [5.74, 6) is 0.